The molecule has 1 saturated heterocycles. The van der Waals surface area contributed by atoms with E-state index in [9.17, 15) is 9.90 Å². The molecule has 5 heteroatoms. The molecule has 3 unspecified atom stereocenters. The zero-order valence-electron chi connectivity index (χ0n) is 14.2. The molecular weight excluding hydrogens is 308 g/mol. The molecular formula is C18H30N2O2S. The van der Waals surface area contributed by atoms with Gasteiger partial charge in [-0.15, -0.1) is 0 Å². The second-order valence-electron chi connectivity index (χ2n) is 8.73. The van der Waals surface area contributed by atoms with Gasteiger partial charge >= 0.3 is 0 Å². The van der Waals surface area contributed by atoms with E-state index in [-0.39, 0.29) is 17.4 Å². The molecule has 1 heterocycles. The first-order valence-corrected chi connectivity index (χ1v) is 10.4. The van der Waals surface area contributed by atoms with Crippen molar-refractivity contribution >= 4 is 17.7 Å². The van der Waals surface area contributed by atoms with Crippen molar-refractivity contribution in [1.29, 1.82) is 0 Å². The minimum Gasteiger partial charge on any atom is -0.390 e. The van der Waals surface area contributed by atoms with Gasteiger partial charge in [-0.05, 0) is 62.7 Å². The maximum atomic E-state index is 12.6. The lowest BCUT2D eigenvalue weighted by Gasteiger charge is -2.60. The lowest BCUT2D eigenvalue weighted by atomic mass is 9.48. The smallest absolute Gasteiger partial charge is 0.237 e. The second-order valence-corrected chi connectivity index (χ2v) is 9.95. The highest BCUT2D eigenvalue weighted by atomic mass is 32.2. The highest BCUT2D eigenvalue weighted by Crippen LogP contribution is 2.61. The number of amides is 1. The Morgan fingerprint density at radius 2 is 1.91 bits per heavy atom. The number of hydrogen-bond donors (Lipinski definition) is 2. The number of aliphatic hydroxyl groups is 1. The predicted molar refractivity (Wildman–Crippen MR) is 93.4 cm³/mol. The summed E-state index contributed by atoms with van der Waals surface area (Å²) in [6.07, 6.45) is 6.63. The Kier molecular flexibility index (Phi) is 4.18. The molecule has 4 bridgehead atoms. The van der Waals surface area contributed by atoms with Gasteiger partial charge in [0.05, 0.1) is 11.6 Å². The number of nitrogens with one attached hydrogen (secondary N) is 1. The molecule has 4 aliphatic carbocycles. The lowest BCUT2D eigenvalue weighted by Crippen LogP contribution is -2.59. The maximum absolute atomic E-state index is 12.6. The third kappa shape index (κ3) is 3.16. The van der Waals surface area contributed by atoms with Gasteiger partial charge < -0.3 is 10.4 Å². The van der Waals surface area contributed by atoms with Crippen LogP contribution in [-0.2, 0) is 4.79 Å². The van der Waals surface area contributed by atoms with Crippen molar-refractivity contribution in [3.05, 3.63) is 0 Å². The van der Waals surface area contributed by atoms with Gasteiger partial charge in [0.2, 0.25) is 5.91 Å². The molecule has 0 aromatic carbocycles. The minimum atomic E-state index is -0.426. The summed E-state index contributed by atoms with van der Waals surface area (Å²) in [5.74, 6) is 3.83. The molecule has 4 nitrogen and oxygen atoms in total. The summed E-state index contributed by atoms with van der Waals surface area (Å²) < 4.78 is 0. The van der Waals surface area contributed by atoms with Crippen LogP contribution in [-0.4, -0.2) is 58.7 Å². The average Bonchev–Trinajstić information content (AvgIpc) is 2.50. The van der Waals surface area contributed by atoms with E-state index >= 15 is 0 Å². The standard InChI is InChI=1S/C18H30N2O2S/c1-13(20-2-4-23-5-3-20)16(21)19-12-17-7-14-6-15(8-17)10-18(22,9-14)11-17/h13-15,22H,2-12H2,1H3,(H,19,21). The van der Waals surface area contributed by atoms with E-state index in [2.05, 4.69) is 10.2 Å². The van der Waals surface area contributed by atoms with Crippen LogP contribution in [0, 0.1) is 17.3 Å². The number of thioether (sulfide) groups is 1. The predicted octanol–water partition coefficient (Wildman–Crippen LogP) is 1.87. The molecule has 1 aliphatic heterocycles. The van der Waals surface area contributed by atoms with Crippen LogP contribution in [0.4, 0.5) is 0 Å². The fourth-order valence-corrected chi connectivity index (χ4v) is 7.09. The van der Waals surface area contributed by atoms with Crippen LogP contribution in [0.25, 0.3) is 0 Å². The molecule has 0 radical (unpaired) electrons. The Morgan fingerprint density at radius 3 is 2.52 bits per heavy atom. The van der Waals surface area contributed by atoms with Crippen molar-refractivity contribution < 1.29 is 9.90 Å². The molecule has 5 aliphatic rings. The molecule has 4 saturated carbocycles. The zero-order chi connectivity index (χ0) is 16.1. The summed E-state index contributed by atoms with van der Waals surface area (Å²) in [4.78, 5) is 14.9. The van der Waals surface area contributed by atoms with Gasteiger partial charge in [0.15, 0.2) is 0 Å². The van der Waals surface area contributed by atoms with Crippen LogP contribution in [0.5, 0.6) is 0 Å². The summed E-state index contributed by atoms with van der Waals surface area (Å²) in [7, 11) is 0. The highest BCUT2D eigenvalue weighted by Gasteiger charge is 2.57. The fraction of sp³-hybridized carbons (Fsp3) is 0.944. The summed E-state index contributed by atoms with van der Waals surface area (Å²) in [5, 5.41) is 14.1. The molecule has 5 fully saturated rings. The maximum Gasteiger partial charge on any atom is 0.237 e. The third-order valence-corrected chi connectivity index (χ3v) is 7.70. The zero-order valence-corrected chi connectivity index (χ0v) is 15.0. The average molecular weight is 339 g/mol. The van der Waals surface area contributed by atoms with Gasteiger partial charge in [0.1, 0.15) is 0 Å². The quantitative estimate of drug-likeness (QED) is 0.822. The summed E-state index contributed by atoms with van der Waals surface area (Å²) in [6.45, 7) is 4.86. The first kappa shape index (κ1) is 16.2. The summed E-state index contributed by atoms with van der Waals surface area (Å²) in [5.41, 5.74) is -0.253. The molecule has 0 aromatic rings. The topological polar surface area (TPSA) is 52.6 Å². The van der Waals surface area contributed by atoms with E-state index in [1.165, 1.54) is 19.3 Å². The number of nitrogens with zero attached hydrogens (tertiary/aromatic N) is 1. The van der Waals surface area contributed by atoms with E-state index in [4.69, 9.17) is 0 Å². The molecule has 130 valence electrons. The van der Waals surface area contributed by atoms with Gasteiger partial charge in [0.25, 0.3) is 0 Å². The number of carbonyl (C=O) groups excluding carboxylic acids is 1. The number of carbonyl (C=O) groups is 1. The SMILES string of the molecule is CC(C(=O)NCC12CC3CC(CC(O)(C3)C1)C2)N1CCSCC1. The Bertz CT molecular complexity index is 464. The first-order valence-electron chi connectivity index (χ1n) is 9.29. The normalized spacial score (nSPS) is 44.3. The van der Waals surface area contributed by atoms with Gasteiger partial charge in [0, 0.05) is 31.1 Å². The minimum absolute atomic E-state index is 0.0205. The molecule has 5 rings (SSSR count). The van der Waals surface area contributed by atoms with Crippen LogP contribution in [0.1, 0.15) is 45.4 Å². The summed E-state index contributed by atoms with van der Waals surface area (Å²) >= 11 is 1.98. The highest BCUT2D eigenvalue weighted by molar-refractivity contribution is 7.99. The molecule has 1 amide bonds. The van der Waals surface area contributed by atoms with Crippen LogP contribution >= 0.6 is 11.8 Å². The van der Waals surface area contributed by atoms with Crippen molar-refractivity contribution in [2.75, 3.05) is 31.1 Å². The van der Waals surface area contributed by atoms with E-state index in [0.717, 1.165) is 50.4 Å². The van der Waals surface area contributed by atoms with Crippen LogP contribution in [0.15, 0.2) is 0 Å². The van der Waals surface area contributed by atoms with Crippen molar-refractivity contribution in [2.45, 2.75) is 57.1 Å². The Morgan fingerprint density at radius 1 is 1.26 bits per heavy atom. The number of hydrogen-bond acceptors (Lipinski definition) is 4. The fourth-order valence-electron chi connectivity index (χ4n) is 6.16. The molecule has 2 N–H and O–H groups in total. The summed E-state index contributed by atoms with van der Waals surface area (Å²) in [6, 6.07) is -0.0205. The van der Waals surface area contributed by atoms with Crippen molar-refractivity contribution in [3.8, 4) is 0 Å². The van der Waals surface area contributed by atoms with Crippen molar-refractivity contribution in [1.82, 2.24) is 10.2 Å². The molecule has 0 aromatic heterocycles. The molecule has 0 spiro atoms. The van der Waals surface area contributed by atoms with Crippen LogP contribution in [0.3, 0.4) is 0 Å². The van der Waals surface area contributed by atoms with Gasteiger partial charge in [-0.1, -0.05) is 0 Å². The van der Waals surface area contributed by atoms with Crippen molar-refractivity contribution in [2.24, 2.45) is 17.3 Å². The molecule has 23 heavy (non-hydrogen) atoms. The van der Waals surface area contributed by atoms with E-state index < -0.39 is 5.60 Å². The first-order chi connectivity index (χ1) is 11.0. The Balaban J connectivity index is 1.36. The second kappa shape index (κ2) is 5.92. The van der Waals surface area contributed by atoms with E-state index in [1.807, 2.05) is 18.7 Å². The van der Waals surface area contributed by atoms with Crippen LogP contribution < -0.4 is 5.32 Å². The van der Waals surface area contributed by atoms with Crippen LogP contribution in [0.2, 0.25) is 0 Å². The Hall–Kier alpha value is -0.260. The lowest BCUT2D eigenvalue weighted by molar-refractivity contribution is -0.164. The third-order valence-electron chi connectivity index (χ3n) is 6.76. The van der Waals surface area contributed by atoms with E-state index in [1.54, 1.807) is 0 Å². The molecule has 3 atom stereocenters. The largest absolute Gasteiger partial charge is 0.390 e. The Labute approximate surface area is 143 Å². The monoisotopic (exact) mass is 338 g/mol. The van der Waals surface area contributed by atoms with Gasteiger partial charge in [-0.25, -0.2) is 0 Å². The van der Waals surface area contributed by atoms with E-state index in [0.29, 0.717) is 11.8 Å². The van der Waals surface area contributed by atoms with Gasteiger partial charge in [-0.2, -0.15) is 11.8 Å². The van der Waals surface area contributed by atoms with Gasteiger partial charge in [-0.3, -0.25) is 9.69 Å². The number of rotatable bonds is 4. The van der Waals surface area contributed by atoms with Crippen molar-refractivity contribution in [3.63, 3.8) is 0 Å².